The molecule has 116 valence electrons. The third-order valence-electron chi connectivity index (χ3n) is 2.93. The van der Waals surface area contributed by atoms with Gasteiger partial charge in [-0.15, -0.1) is 0 Å². The average Bonchev–Trinajstić information content (AvgIpc) is 2.37. The van der Waals surface area contributed by atoms with E-state index in [1.54, 1.807) is 31.2 Å². The van der Waals surface area contributed by atoms with Crippen molar-refractivity contribution in [1.29, 1.82) is 0 Å². The number of aliphatic carboxylic acids is 1. The quantitative estimate of drug-likeness (QED) is 0.840. The molecule has 1 N–H and O–H groups in total. The topological polar surface area (TPSA) is 66.8 Å². The van der Waals surface area contributed by atoms with Crippen LogP contribution < -0.4 is 4.74 Å². The molecule has 5 nitrogen and oxygen atoms in total. The molecule has 1 aromatic carbocycles. The van der Waals surface area contributed by atoms with E-state index in [4.69, 9.17) is 21.4 Å². The second-order valence-electron chi connectivity index (χ2n) is 4.99. The van der Waals surface area contributed by atoms with Gasteiger partial charge >= 0.3 is 5.97 Å². The molecule has 0 fully saturated rings. The van der Waals surface area contributed by atoms with Gasteiger partial charge in [-0.1, -0.05) is 17.7 Å². The number of amides is 1. The Bertz CT molecular complexity index is 504. The number of rotatable bonds is 7. The third kappa shape index (κ3) is 5.63. The molecule has 6 heteroatoms. The molecule has 0 aromatic heterocycles. The van der Waals surface area contributed by atoms with Crippen molar-refractivity contribution in [3.8, 4) is 5.75 Å². The lowest BCUT2D eigenvalue weighted by molar-refractivity contribution is -0.142. The fourth-order valence-corrected chi connectivity index (χ4v) is 2.05. The van der Waals surface area contributed by atoms with E-state index in [-0.39, 0.29) is 24.9 Å². The summed E-state index contributed by atoms with van der Waals surface area (Å²) < 4.78 is 5.57. The molecule has 0 spiro atoms. The molecule has 0 aliphatic rings. The van der Waals surface area contributed by atoms with Crippen molar-refractivity contribution in [2.45, 2.75) is 39.3 Å². The van der Waals surface area contributed by atoms with Crippen LogP contribution in [-0.2, 0) is 9.59 Å². The molecule has 0 bridgehead atoms. The van der Waals surface area contributed by atoms with Gasteiger partial charge in [-0.05, 0) is 39.0 Å². The van der Waals surface area contributed by atoms with Crippen LogP contribution in [0, 0.1) is 0 Å². The molecule has 0 radical (unpaired) electrons. The average molecular weight is 314 g/mol. The van der Waals surface area contributed by atoms with Crippen molar-refractivity contribution in [1.82, 2.24) is 4.90 Å². The second-order valence-corrected chi connectivity index (χ2v) is 5.42. The highest BCUT2D eigenvalue weighted by Crippen LogP contribution is 2.19. The minimum atomic E-state index is -0.933. The van der Waals surface area contributed by atoms with Gasteiger partial charge < -0.3 is 14.7 Å². The Morgan fingerprint density at radius 1 is 1.33 bits per heavy atom. The lowest BCUT2D eigenvalue weighted by Crippen LogP contribution is -2.45. The number of hydrogen-bond acceptors (Lipinski definition) is 3. The first kappa shape index (κ1) is 17.3. The lowest BCUT2D eigenvalue weighted by atomic mass is 10.2. The number of carboxylic acid groups (broad SMARTS) is 1. The smallest absolute Gasteiger partial charge is 0.305 e. The minimum Gasteiger partial charge on any atom is -0.481 e. The zero-order valence-corrected chi connectivity index (χ0v) is 13.1. The Morgan fingerprint density at radius 3 is 2.52 bits per heavy atom. The summed E-state index contributed by atoms with van der Waals surface area (Å²) in [5, 5.41) is 9.27. The predicted molar refractivity (Wildman–Crippen MR) is 80.6 cm³/mol. The van der Waals surface area contributed by atoms with E-state index >= 15 is 0 Å². The van der Waals surface area contributed by atoms with Gasteiger partial charge in [-0.2, -0.15) is 0 Å². The van der Waals surface area contributed by atoms with Gasteiger partial charge in [0.15, 0.2) is 6.10 Å². The first-order valence-electron chi connectivity index (χ1n) is 6.75. The van der Waals surface area contributed by atoms with Crippen LogP contribution in [0.4, 0.5) is 0 Å². The van der Waals surface area contributed by atoms with Crippen molar-refractivity contribution in [2.75, 3.05) is 6.54 Å². The highest BCUT2D eigenvalue weighted by atomic mass is 35.5. The Hall–Kier alpha value is -1.75. The summed E-state index contributed by atoms with van der Waals surface area (Å²) in [7, 11) is 0. The van der Waals surface area contributed by atoms with E-state index in [9.17, 15) is 9.59 Å². The zero-order chi connectivity index (χ0) is 16.0. The summed E-state index contributed by atoms with van der Waals surface area (Å²) in [6.07, 6.45) is -0.798. The SMILES string of the molecule is CC(Oc1cccc(Cl)c1)C(=O)N(CCC(=O)O)C(C)C. The third-order valence-corrected chi connectivity index (χ3v) is 3.16. The Labute approximate surface area is 129 Å². The Kier molecular flexibility index (Phi) is 6.49. The number of nitrogens with zero attached hydrogens (tertiary/aromatic N) is 1. The Morgan fingerprint density at radius 2 is 2.00 bits per heavy atom. The standard InChI is InChI=1S/C15H20ClNO4/c1-10(2)17(8-7-14(18)19)15(20)11(3)21-13-6-4-5-12(16)9-13/h4-6,9-11H,7-8H2,1-3H3,(H,18,19). The summed E-state index contributed by atoms with van der Waals surface area (Å²) in [6.45, 7) is 5.48. The van der Waals surface area contributed by atoms with Crippen LogP contribution in [0.1, 0.15) is 27.2 Å². The van der Waals surface area contributed by atoms with Crippen LogP contribution in [0.2, 0.25) is 5.02 Å². The minimum absolute atomic E-state index is 0.0895. The van der Waals surface area contributed by atoms with Gasteiger partial charge in [-0.25, -0.2) is 0 Å². The molecule has 0 aliphatic heterocycles. The summed E-state index contributed by atoms with van der Waals surface area (Å²) in [6, 6.07) is 6.70. The molecule has 1 unspecified atom stereocenters. The number of carbonyl (C=O) groups excluding carboxylic acids is 1. The van der Waals surface area contributed by atoms with Crippen molar-refractivity contribution in [3.63, 3.8) is 0 Å². The zero-order valence-electron chi connectivity index (χ0n) is 12.4. The molecule has 1 amide bonds. The van der Waals surface area contributed by atoms with Crippen LogP contribution in [0.5, 0.6) is 5.75 Å². The monoisotopic (exact) mass is 313 g/mol. The van der Waals surface area contributed by atoms with Gasteiger partial charge in [0, 0.05) is 17.6 Å². The largest absolute Gasteiger partial charge is 0.481 e. The molecule has 21 heavy (non-hydrogen) atoms. The maximum absolute atomic E-state index is 12.4. The number of carbonyl (C=O) groups is 2. The number of ether oxygens (including phenoxy) is 1. The van der Waals surface area contributed by atoms with Crippen LogP contribution in [-0.4, -0.2) is 40.6 Å². The maximum Gasteiger partial charge on any atom is 0.305 e. The highest BCUT2D eigenvalue weighted by Gasteiger charge is 2.24. The molecule has 1 atom stereocenters. The summed E-state index contributed by atoms with van der Waals surface area (Å²) in [4.78, 5) is 24.5. The molecule has 0 saturated heterocycles. The van der Waals surface area contributed by atoms with Gasteiger partial charge in [-0.3, -0.25) is 9.59 Å². The summed E-state index contributed by atoms with van der Waals surface area (Å²) in [5.74, 6) is -0.673. The van der Waals surface area contributed by atoms with Crippen LogP contribution >= 0.6 is 11.6 Å². The fourth-order valence-electron chi connectivity index (χ4n) is 1.87. The molecule has 0 aliphatic carbocycles. The van der Waals surface area contributed by atoms with Gasteiger partial charge in [0.25, 0.3) is 5.91 Å². The summed E-state index contributed by atoms with van der Waals surface area (Å²) in [5.41, 5.74) is 0. The van der Waals surface area contributed by atoms with E-state index in [1.807, 2.05) is 13.8 Å². The molecule has 1 aromatic rings. The number of halogens is 1. The van der Waals surface area contributed by atoms with E-state index < -0.39 is 12.1 Å². The van der Waals surface area contributed by atoms with Crippen molar-refractivity contribution >= 4 is 23.5 Å². The first-order chi connectivity index (χ1) is 9.81. The first-order valence-corrected chi connectivity index (χ1v) is 7.13. The van der Waals surface area contributed by atoms with Crippen molar-refractivity contribution in [2.24, 2.45) is 0 Å². The number of hydrogen-bond donors (Lipinski definition) is 1. The normalized spacial score (nSPS) is 12.0. The molecule has 1 rings (SSSR count). The van der Waals surface area contributed by atoms with Crippen molar-refractivity contribution in [3.05, 3.63) is 29.3 Å². The molecular weight excluding hydrogens is 294 g/mol. The van der Waals surface area contributed by atoms with Crippen LogP contribution in [0.15, 0.2) is 24.3 Å². The number of carboxylic acids is 1. The van der Waals surface area contributed by atoms with E-state index in [0.29, 0.717) is 10.8 Å². The molecule has 0 heterocycles. The fraction of sp³-hybridized carbons (Fsp3) is 0.467. The number of benzene rings is 1. The van der Waals surface area contributed by atoms with E-state index in [1.165, 1.54) is 4.90 Å². The van der Waals surface area contributed by atoms with Gasteiger partial charge in [0.05, 0.1) is 6.42 Å². The highest BCUT2D eigenvalue weighted by molar-refractivity contribution is 6.30. The van der Waals surface area contributed by atoms with Crippen LogP contribution in [0.25, 0.3) is 0 Å². The lowest BCUT2D eigenvalue weighted by Gasteiger charge is -2.29. The van der Waals surface area contributed by atoms with E-state index in [2.05, 4.69) is 0 Å². The maximum atomic E-state index is 12.4. The Balaban J connectivity index is 2.71. The van der Waals surface area contributed by atoms with Crippen LogP contribution in [0.3, 0.4) is 0 Å². The van der Waals surface area contributed by atoms with Gasteiger partial charge in [0.2, 0.25) is 0 Å². The second kappa shape index (κ2) is 7.88. The molecule has 0 saturated carbocycles. The van der Waals surface area contributed by atoms with E-state index in [0.717, 1.165) is 0 Å². The summed E-state index contributed by atoms with van der Waals surface area (Å²) >= 11 is 5.86. The van der Waals surface area contributed by atoms with Gasteiger partial charge in [0.1, 0.15) is 5.75 Å². The molecular formula is C15H20ClNO4. The van der Waals surface area contributed by atoms with Crippen molar-refractivity contribution < 1.29 is 19.4 Å². The predicted octanol–water partition coefficient (Wildman–Crippen LogP) is 2.82.